The Labute approximate surface area is 265 Å². The van der Waals surface area contributed by atoms with Crippen molar-refractivity contribution in [2.24, 2.45) is 4.99 Å². The standard InChI is InChI=1S/C42H30N2S/c1-24-11-5-7-13-30(24)32-19-28(18-17-25(32)2)29-20-33-27(4)42(43-37-15-9-6-12-26(37)3)44-38-23-40-35(22-34(38)36(21-29)41(33)44)31-14-8-10-16-39(31)45-40/h5-23H,3H2,1-2,4H3. The summed E-state index contributed by atoms with van der Waals surface area (Å²) in [5.41, 5.74) is 13.0. The van der Waals surface area contributed by atoms with Crippen molar-refractivity contribution in [2.75, 3.05) is 0 Å². The molecule has 1 aliphatic carbocycles. The Balaban J connectivity index is 1.38. The third-order valence-electron chi connectivity index (χ3n) is 9.53. The SMILES string of the molecule is C=C1C=CC=CC1=Nc1c(C)c2cc(-c3ccc(C)c(-c4ccccc4C)c3)cc3c4cc5c(cc4n1c23)sc1ccccc15. The first-order valence-electron chi connectivity index (χ1n) is 15.4. The van der Waals surface area contributed by atoms with Gasteiger partial charge in [0, 0.05) is 41.9 Å². The second-order valence-electron chi connectivity index (χ2n) is 12.3. The molecule has 5 aromatic carbocycles. The van der Waals surface area contributed by atoms with E-state index in [9.17, 15) is 0 Å². The molecular weight excluding hydrogens is 565 g/mol. The van der Waals surface area contributed by atoms with Crippen molar-refractivity contribution in [1.82, 2.24) is 4.40 Å². The van der Waals surface area contributed by atoms with Gasteiger partial charge in [-0.05, 0) is 102 Å². The first-order chi connectivity index (χ1) is 22.0. The molecule has 0 atom stereocenters. The number of aryl methyl sites for hydroxylation is 3. The Morgan fingerprint density at radius 1 is 0.622 bits per heavy atom. The van der Waals surface area contributed by atoms with Crippen LogP contribution in [0.5, 0.6) is 0 Å². The number of allylic oxidation sites excluding steroid dienone is 5. The van der Waals surface area contributed by atoms with E-state index in [1.807, 2.05) is 29.6 Å². The lowest BCUT2D eigenvalue weighted by molar-refractivity contribution is 1.23. The van der Waals surface area contributed by atoms with E-state index in [0.29, 0.717) is 0 Å². The summed E-state index contributed by atoms with van der Waals surface area (Å²) < 4.78 is 5.01. The summed E-state index contributed by atoms with van der Waals surface area (Å²) in [5.74, 6) is 0.975. The monoisotopic (exact) mass is 594 g/mol. The number of benzene rings is 5. The number of rotatable bonds is 3. The second-order valence-corrected chi connectivity index (χ2v) is 13.3. The van der Waals surface area contributed by atoms with Crippen molar-refractivity contribution in [2.45, 2.75) is 20.8 Å². The van der Waals surface area contributed by atoms with E-state index in [1.165, 1.54) is 86.3 Å². The van der Waals surface area contributed by atoms with E-state index < -0.39 is 0 Å². The Hall–Kier alpha value is -5.25. The molecule has 0 amide bonds. The van der Waals surface area contributed by atoms with Crippen LogP contribution in [0.1, 0.15) is 16.7 Å². The molecule has 3 aromatic heterocycles. The van der Waals surface area contributed by atoms with Crippen molar-refractivity contribution in [3.63, 3.8) is 0 Å². The van der Waals surface area contributed by atoms with E-state index in [0.717, 1.165) is 17.1 Å². The normalized spacial score (nSPS) is 14.5. The van der Waals surface area contributed by atoms with Crippen molar-refractivity contribution in [3.8, 4) is 22.3 Å². The van der Waals surface area contributed by atoms with Gasteiger partial charge >= 0.3 is 0 Å². The number of aromatic nitrogens is 1. The zero-order chi connectivity index (χ0) is 30.4. The summed E-state index contributed by atoms with van der Waals surface area (Å²) in [7, 11) is 0. The van der Waals surface area contributed by atoms with Crippen LogP contribution in [0.3, 0.4) is 0 Å². The highest BCUT2D eigenvalue weighted by Crippen LogP contribution is 2.46. The molecule has 3 heterocycles. The van der Waals surface area contributed by atoms with Crippen molar-refractivity contribution in [1.29, 1.82) is 0 Å². The number of hydrogen-bond donors (Lipinski definition) is 0. The maximum atomic E-state index is 5.28. The average molecular weight is 595 g/mol. The molecule has 0 bridgehead atoms. The minimum Gasteiger partial charge on any atom is -0.293 e. The zero-order valence-electron chi connectivity index (χ0n) is 25.5. The van der Waals surface area contributed by atoms with Crippen molar-refractivity contribution < 1.29 is 0 Å². The van der Waals surface area contributed by atoms with Crippen LogP contribution in [0.4, 0.5) is 5.82 Å². The van der Waals surface area contributed by atoms with Gasteiger partial charge in [0.25, 0.3) is 0 Å². The third kappa shape index (κ3) is 3.84. The zero-order valence-corrected chi connectivity index (χ0v) is 26.3. The second kappa shape index (κ2) is 9.62. The van der Waals surface area contributed by atoms with Gasteiger partial charge in [0.05, 0.1) is 16.7 Å². The van der Waals surface area contributed by atoms with Crippen LogP contribution in [0, 0.1) is 20.8 Å². The van der Waals surface area contributed by atoms with E-state index in [4.69, 9.17) is 4.99 Å². The highest BCUT2D eigenvalue weighted by atomic mass is 32.1. The van der Waals surface area contributed by atoms with Crippen LogP contribution in [-0.2, 0) is 0 Å². The van der Waals surface area contributed by atoms with Crippen molar-refractivity contribution in [3.05, 3.63) is 144 Å². The Morgan fingerprint density at radius 2 is 1.40 bits per heavy atom. The smallest absolute Gasteiger partial charge is 0.141 e. The molecule has 8 aromatic rings. The fraction of sp³-hybridized carbons (Fsp3) is 0.0714. The number of thiophene rings is 1. The summed E-state index contributed by atoms with van der Waals surface area (Å²) in [6, 6.07) is 33.9. The van der Waals surface area contributed by atoms with Crippen LogP contribution in [0.25, 0.3) is 69.6 Å². The van der Waals surface area contributed by atoms with E-state index in [2.05, 4.69) is 129 Å². The summed E-state index contributed by atoms with van der Waals surface area (Å²) in [4.78, 5) is 5.28. The molecule has 0 N–H and O–H groups in total. The maximum Gasteiger partial charge on any atom is 0.141 e. The minimum atomic E-state index is 0.902. The van der Waals surface area contributed by atoms with Crippen LogP contribution in [-0.4, -0.2) is 10.1 Å². The van der Waals surface area contributed by atoms with Gasteiger partial charge in [0.15, 0.2) is 0 Å². The molecule has 0 saturated carbocycles. The van der Waals surface area contributed by atoms with Gasteiger partial charge in [0.2, 0.25) is 0 Å². The molecule has 0 aliphatic heterocycles. The molecule has 0 unspecified atom stereocenters. The molecule has 0 spiro atoms. The van der Waals surface area contributed by atoms with Crippen LogP contribution >= 0.6 is 11.3 Å². The van der Waals surface area contributed by atoms with E-state index >= 15 is 0 Å². The molecule has 214 valence electrons. The number of nitrogens with zero attached hydrogens (tertiary/aromatic N) is 2. The Morgan fingerprint density at radius 3 is 2.27 bits per heavy atom. The van der Waals surface area contributed by atoms with Crippen LogP contribution in [0.15, 0.2) is 132 Å². The number of fused-ring (bicyclic) bond motifs is 6. The minimum absolute atomic E-state index is 0.902. The predicted octanol–water partition coefficient (Wildman–Crippen LogP) is 12.1. The quantitative estimate of drug-likeness (QED) is 0.194. The highest BCUT2D eigenvalue weighted by molar-refractivity contribution is 7.25. The molecule has 0 radical (unpaired) electrons. The molecule has 3 heteroatoms. The summed E-state index contributed by atoms with van der Waals surface area (Å²) >= 11 is 1.86. The molecule has 2 nitrogen and oxygen atoms in total. The van der Waals surface area contributed by atoms with Gasteiger partial charge in [-0.1, -0.05) is 79.4 Å². The Kier molecular flexibility index (Phi) is 5.60. The molecule has 0 saturated heterocycles. The maximum absolute atomic E-state index is 5.28. The fourth-order valence-electron chi connectivity index (χ4n) is 7.16. The van der Waals surface area contributed by atoms with E-state index in [1.54, 1.807) is 0 Å². The summed E-state index contributed by atoms with van der Waals surface area (Å²) in [6.07, 6.45) is 8.15. The number of hydrogen-bond acceptors (Lipinski definition) is 2. The lowest BCUT2D eigenvalue weighted by atomic mass is 9.92. The predicted molar refractivity (Wildman–Crippen MR) is 196 cm³/mol. The molecule has 9 rings (SSSR count). The van der Waals surface area contributed by atoms with Crippen molar-refractivity contribution >= 4 is 70.2 Å². The lowest BCUT2D eigenvalue weighted by Crippen LogP contribution is -1.98. The van der Waals surface area contributed by atoms with Gasteiger partial charge in [-0.25, -0.2) is 4.99 Å². The van der Waals surface area contributed by atoms with Crippen LogP contribution < -0.4 is 0 Å². The van der Waals surface area contributed by atoms with Gasteiger partial charge in [-0.2, -0.15) is 0 Å². The third-order valence-corrected chi connectivity index (χ3v) is 10.7. The first-order valence-corrected chi connectivity index (χ1v) is 16.2. The van der Waals surface area contributed by atoms with Crippen LogP contribution in [0.2, 0.25) is 0 Å². The lowest BCUT2D eigenvalue weighted by Gasteiger charge is -2.12. The topological polar surface area (TPSA) is 16.8 Å². The molecule has 1 aliphatic rings. The van der Waals surface area contributed by atoms with Gasteiger partial charge < -0.3 is 0 Å². The van der Waals surface area contributed by atoms with Gasteiger partial charge in [-0.3, -0.25) is 4.40 Å². The summed E-state index contributed by atoms with van der Waals surface area (Å²) in [5, 5.41) is 6.40. The Bertz CT molecular complexity index is 2640. The average Bonchev–Trinajstić information content (AvgIpc) is 3.67. The van der Waals surface area contributed by atoms with Gasteiger partial charge in [-0.15, -0.1) is 11.3 Å². The van der Waals surface area contributed by atoms with Gasteiger partial charge in [0.1, 0.15) is 5.82 Å². The number of aliphatic imine (C=N–C) groups is 1. The first kappa shape index (κ1) is 26.2. The largest absolute Gasteiger partial charge is 0.293 e. The highest BCUT2D eigenvalue weighted by Gasteiger charge is 2.23. The molecule has 45 heavy (non-hydrogen) atoms. The fourth-order valence-corrected chi connectivity index (χ4v) is 8.28. The summed E-state index contributed by atoms with van der Waals surface area (Å²) in [6.45, 7) is 10.9. The molecular formula is C42H30N2S. The van der Waals surface area contributed by atoms with E-state index in [-0.39, 0.29) is 0 Å². The molecule has 0 fully saturated rings.